The van der Waals surface area contributed by atoms with Crippen LogP contribution in [0.5, 0.6) is 11.5 Å². The number of hydrogen-bond acceptors (Lipinski definition) is 5. The van der Waals surface area contributed by atoms with Crippen molar-refractivity contribution >= 4 is 17.6 Å². The number of nitrogens with one attached hydrogen (secondary N) is 2. The summed E-state index contributed by atoms with van der Waals surface area (Å²) < 4.78 is 84.9. The predicted octanol–water partition coefficient (Wildman–Crippen LogP) is 8.04. The van der Waals surface area contributed by atoms with Crippen molar-refractivity contribution in [2.75, 3.05) is 7.11 Å². The van der Waals surface area contributed by atoms with Gasteiger partial charge in [0, 0.05) is 18.7 Å². The van der Waals surface area contributed by atoms with Gasteiger partial charge in [-0.05, 0) is 72.4 Å². The number of carbonyl (C=O) groups is 1. The SMILES string of the molecule is COc1cccc(CO[C@@H]2CCCC2NC(=O)N[C@@](Cc2ccccc2)(c2cc(F)cc(OC(F)(F)C(F)F)c2)c2ccc(Cl)cn2)c1. The molecule has 1 fully saturated rings. The lowest BCUT2D eigenvalue weighted by atomic mass is 9.80. The maximum Gasteiger partial charge on any atom is 0.461 e. The van der Waals surface area contributed by atoms with Crippen molar-refractivity contribution in [1.29, 1.82) is 0 Å². The number of carbonyl (C=O) groups excluding carboxylic acids is 1. The molecule has 2 amide bonds. The molecule has 48 heavy (non-hydrogen) atoms. The fraction of sp³-hybridized carbons (Fsp3) is 0.314. The fourth-order valence-corrected chi connectivity index (χ4v) is 5.89. The molecule has 0 aliphatic heterocycles. The van der Waals surface area contributed by atoms with E-state index in [1.54, 1.807) is 37.4 Å². The summed E-state index contributed by atoms with van der Waals surface area (Å²) in [7, 11) is 1.57. The van der Waals surface area contributed by atoms with Crippen molar-refractivity contribution in [2.24, 2.45) is 0 Å². The molecular formula is C35H33ClF5N3O4. The van der Waals surface area contributed by atoms with Crippen molar-refractivity contribution in [1.82, 2.24) is 15.6 Å². The van der Waals surface area contributed by atoms with Crippen molar-refractivity contribution < 1.29 is 41.0 Å². The molecule has 13 heteroatoms. The number of methoxy groups -OCH3 is 1. The molecule has 5 rings (SSSR count). The van der Waals surface area contributed by atoms with Crippen LogP contribution < -0.4 is 20.1 Å². The molecule has 1 unspecified atom stereocenters. The fourth-order valence-electron chi connectivity index (χ4n) is 5.78. The van der Waals surface area contributed by atoms with Crippen molar-refractivity contribution in [3.8, 4) is 11.5 Å². The number of ether oxygens (including phenoxy) is 3. The molecule has 1 saturated carbocycles. The molecule has 1 heterocycles. The summed E-state index contributed by atoms with van der Waals surface area (Å²) in [6.07, 6.45) is -6.06. The molecular weight excluding hydrogens is 657 g/mol. The number of hydrogen-bond donors (Lipinski definition) is 2. The second-order valence-corrected chi connectivity index (χ2v) is 11.8. The Labute approximate surface area is 279 Å². The summed E-state index contributed by atoms with van der Waals surface area (Å²) in [5.41, 5.74) is -0.110. The van der Waals surface area contributed by atoms with Gasteiger partial charge >= 0.3 is 18.6 Å². The summed E-state index contributed by atoms with van der Waals surface area (Å²) in [6.45, 7) is 0.281. The molecule has 4 aromatic rings. The van der Waals surface area contributed by atoms with Gasteiger partial charge in [-0.15, -0.1) is 0 Å². The normalized spacial score (nSPS) is 17.5. The summed E-state index contributed by atoms with van der Waals surface area (Å²) in [6, 6.07) is 20.7. The van der Waals surface area contributed by atoms with Crippen LogP contribution in [0.25, 0.3) is 0 Å². The molecule has 3 atom stereocenters. The minimum atomic E-state index is -4.90. The van der Waals surface area contributed by atoms with Crippen LogP contribution in [-0.2, 0) is 23.3 Å². The maximum atomic E-state index is 15.1. The van der Waals surface area contributed by atoms with E-state index in [0.717, 1.165) is 24.1 Å². The molecule has 1 aliphatic rings. The molecule has 0 saturated heterocycles. The van der Waals surface area contributed by atoms with Crippen LogP contribution in [-0.4, -0.2) is 42.8 Å². The summed E-state index contributed by atoms with van der Waals surface area (Å²) >= 11 is 6.13. The average Bonchev–Trinajstić information content (AvgIpc) is 3.50. The minimum Gasteiger partial charge on any atom is -0.497 e. The Kier molecular flexibility index (Phi) is 11.1. The van der Waals surface area contributed by atoms with E-state index in [1.807, 2.05) is 24.3 Å². The molecule has 254 valence electrons. The third kappa shape index (κ3) is 8.53. The third-order valence-corrected chi connectivity index (χ3v) is 8.27. The number of amides is 2. The van der Waals surface area contributed by atoms with Gasteiger partial charge in [0.25, 0.3) is 0 Å². The quantitative estimate of drug-likeness (QED) is 0.139. The number of rotatable bonds is 13. The molecule has 0 radical (unpaired) electrons. The van der Waals surface area contributed by atoms with Gasteiger partial charge in [-0.2, -0.15) is 17.6 Å². The summed E-state index contributed by atoms with van der Waals surface area (Å²) in [5, 5.41) is 6.15. The van der Waals surface area contributed by atoms with E-state index >= 15 is 4.39 Å². The number of benzene rings is 3. The van der Waals surface area contributed by atoms with Gasteiger partial charge in [-0.1, -0.05) is 54.1 Å². The highest BCUT2D eigenvalue weighted by molar-refractivity contribution is 6.30. The van der Waals surface area contributed by atoms with E-state index in [4.69, 9.17) is 21.1 Å². The van der Waals surface area contributed by atoms with E-state index in [1.165, 1.54) is 18.3 Å². The van der Waals surface area contributed by atoms with E-state index < -0.39 is 41.7 Å². The number of urea groups is 1. The van der Waals surface area contributed by atoms with Crippen LogP contribution >= 0.6 is 11.6 Å². The molecule has 1 aliphatic carbocycles. The first kappa shape index (κ1) is 34.9. The van der Waals surface area contributed by atoms with Crippen LogP contribution in [0.2, 0.25) is 5.02 Å². The van der Waals surface area contributed by atoms with E-state index in [9.17, 15) is 22.4 Å². The average molecular weight is 690 g/mol. The molecule has 1 aromatic heterocycles. The van der Waals surface area contributed by atoms with Crippen LogP contribution in [0.3, 0.4) is 0 Å². The van der Waals surface area contributed by atoms with Crippen LogP contribution in [0.4, 0.5) is 26.7 Å². The van der Waals surface area contributed by atoms with Gasteiger partial charge in [0.05, 0.1) is 36.6 Å². The highest BCUT2D eigenvalue weighted by Crippen LogP contribution is 2.37. The zero-order chi connectivity index (χ0) is 34.3. The zero-order valence-corrected chi connectivity index (χ0v) is 26.5. The smallest absolute Gasteiger partial charge is 0.461 e. The zero-order valence-electron chi connectivity index (χ0n) is 25.8. The van der Waals surface area contributed by atoms with E-state index in [-0.39, 0.29) is 35.4 Å². The van der Waals surface area contributed by atoms with E-state index in [0.29, 0.717) is 30.2 Å². The third-order valence-electron chi connectivity index (χ3n) is 8.04. The van der Waals surface area contributed by atoms with Gasteiger partial charge < -0.3 is 24.8 Å². The van der Waals surface area contributed by atoms with Gasteiger partial charge in [0.1, 0.15) is 22.9 Å². The summed E-state index contributed by atoms with van der Waals surface area (Å²) in [5.74, 6) is -1.25. The number of halogens is 6. The van der Waals surface area contributed by atoms with Crippen molar-refractivity contribution in [3.63, 3.8) is 0 Å². The number of pyridine rings is 1. The number of nitrogens with zero attached hydrogens (tertiary/aromatic N) is 1. The van der Waals surface area contributed by atoms with Crippen LogP contribution in [0, 0.1) is 5.82 Å². The lowest BCUT2D eigenvalue weighted by molar-refractivity contribution is -0.253. The van der Waals surface area contributed by atoms with Gasteiger partial charge in [-0.25, -0.2) is 9.18 Å². The van der Waals surface area contributed by atoms with E-state index in [2.05, 4.69) is 20.4 Å². The largest absolute Gasteiger partial charge is 0.497 e. The molecule has 0 bridgehead atoms. The molecule has 2 N–H and O–H groups in total. The van der Waals surface area contributed by atoms with Crippen molar-refractivity contribution in [3.05, 3.63) is 124 Å². The molecule has 3 aromatic carbocycles. The van der Waals surface area contributed by atoms with Crippen molar-refractivity contribution in [2.45, 2.75) is 62.5 Å². The number of aromatic nitrogens is 1. The lowest BCUT2D eigenvalue weighted by Crippen LogP contribution is -2.55. The molecule has 0 spiro atoms. The first-order valence-corrected chi connectivity index (χ1v) is 15.5. The molecule has 7 nitrogen and oxygen atoms in total. The Morgan fingerprint density at radius 2 is 1.75 bits per heavy atom. The monoisotopic (exact) mass is 689 g/mol. The number of alkyl halides is 4. The minimum absolute atomic E-state index is 0.0511. The topological polar surface area (TPSA) is 81.7 Å². The maximum absolute atomic E-state index is 15.1. The Morgan fingerprint density at radius 1 is 0.979 bits per heavy atom. The highest BCUT2D eigenvalue weighted by atomic mass is 35.5. The first-order valence-electron chi connectivity index (χ1n) is 15.1. The first-order chi connectivity index (χ1) is 23.0. The Morgan fingerprint density at radius 3 is 2.46 bits per heavy atom. The highest BCUT2D eigenvalue weighted by Gasteiger charge is 2.45. The predicted molar refractivity (Wildman–Crippen MR) is 169 cm³/mol. The lowest BCUT2D eigenvalue weighted by Gasteiger charge is -2.36. The Bertz CT molecular complexity index is 1680. The summed E-state index contributed by atoms with van der Waals surface area (Å²) in [4.78, 5) is 18.3. The second-order valence-electron chi connectivity index (χ2n) is 11.4. The van der Waals surface area contributed by atoms with Crippen LogP contribution in [0.1, 0.15) is 41.6 Å². The van der Waals surface area contributed by atoms with Crippen LogP contribution in [0.15, 0.2) is 91.1 Å². The van der Waals surface area contributed by atoms with Gasteiger partial charge in [0.2, 0.25) is 0 Å². The Balaban J connectivity index is 1.49. The Hall–Kier alpha value is -4.42. The standard InChI is InChI=1S/C35H33ClF5N3O4/c1-46-27-10-5-9-23(15-27)21-47-30-12-6-11-29(30)43-33(45)44-34(19-22-7-3-2-4-8-22,31-14-13-25(36)20-42-31)24-16-26(37)18-28(17-24)48-35(40,41)32(38)39/h2-5,7-10,13-18,20,29-30,32H,6,11-12,19,21H2,1H3,(H2,43,44,45)/t29?,30-,34+/m1/s1. The van der Waals surface area contributed by atoms with Gasteiger partial charge in [-0.3, -0.25) is 4.98 Å². The van der Waals surface area contributed by atoms with Gasteiger partial charge in [0.15, 0.2) is 0 Å². The second kappa shape index (κ2) is 15.2.